The number of hydrogen-bond donors (Lipinski definition) is 1. The molecule has 0 saturated heterocycles. The van der Waals surface area contributed by atoms with Crippen molar-refractivity contribution in [2.75, 3.05) is 18.5 Å². The second-order valence-corrected chi connectivity index (χ2v) is 4.83. The van der Waals surface area contributed by atoms with E-state index in [9.17, 15) is 0 Å². The molecule has 94 valence electrons. The molecule has 0 bridgehead atoms. The molecule has 1 aromatic heterocycles. The summed E-state index contributed by atoms with van der Waals surface area (Å²) in [6.07, 6.45) is 1.84. The maximum atomic E-state index is 4.45. The van der Waals surface area contributed by atoms with Gasteiger partial charge in [-0.05, 0) is 13.0 Å². The Balaban J connectivity index is 2.79. The SMILES string of the molecule is C=C(C)CN(C)c1ncccc1CNC(C)C. The molecule has 3 heteroatoms. The third kappa shape index (κ3) is 4.57. The molecule has 0 aliphatic rings. The van der Waals surface area contributed by atoms with E-state index in [0.29, 0.717) is 6.04 Å². The van der Waals surface area contributed by atoms with E-state index in [4.69, 9.17) is 0 Å². The van der Waals surface area contributed by atoms with Gasteiger partial charge in [0.2, 0.25) is 0 Å². The summed E-state index contributed by atoms with van der Waals surface area (Å²) < 4.78 is 0. The van der Waals surface area contributed by atoms with Gasteiger partial charge in [0.25, 0.3) is 0 Å². The molecule has 0 spiro atoms. The molecular weight excluding hydrogens is 210 g/mol. The van der Waals surface area contributed by atoms with Crippen LogP contribution in [0.15, 0.2) is 30.5 Å². The number of likely N-dealkylation sites (N-methyl/N-ethyl adjacent to an activating group) is 1. The van der Waals surface area contributed by atoms with Gasteiger partial charge in [0, 0.05) is 37.9 Å². The molecule has 0 saturated carbocycles. The van der Waals surface area contributed by atoms with Gasteiger partial charge >= 0.3 is 0 Å². The molecule has 17 heavy (non-hydrogen) atoms. The van der Waals surface area contributed by atoms with Gasteiger partial charge in [-0.3, -0.25) is 0 Å². The maximum Gasteiger partial charge on any atom is 0.133 e. The lowest BCUT2D eigenvalue weighted by molar-refractivity contribution is 0.587. The van der Waals surface area contributed by atoms with Crippen LogP contribution in [-0.4, -0.2) is 24.6 Å². The lowest BCUT2D eigenvalue weighted by atomic mass is 10.2. The van der Waals surface area contributed by atoms with Crippen molar-refractivity contribution in [2.24, 2.45) is 0 Å². The van der Waals surface area contributed by atoms with Crippen LogP contribution < -0.4 is 10.2 Å². The van der Waals surface area contributed by atoms with Crippen LogP contribution in [-0.2, 0) is 6.54 Å². The van der Waals surface area contributed by atoms with Gasteiger partial charge in [-0.15, -0.1) is 0 Å². The number of pyridine rings is 1. The predicted octanol–water partition coefficient (Wildman–Crippen LogP) is 2.59. The van der Waals surface area contributed by atoms with Crippen molar-refractivity contribution in [2.45, 2.75) is 33.4 Å². The Bertz CT molecular complexity index is 371. The Morgan fingerprint density at radius 2 is 2.24 bits per heavy atom. The van der Waals surface area contributed by atoms with Gasteiger partial charge in [-0.1, -0.05) is 32.1 Å². The van der Waals surface area contributed by atoms with Gasteiger partial charge in [0.05, 0.1) is 0 Å². The van der Waals surface area contributed by atoms with Gasteiger partial charge in [-0.2, -0.15) is 0 Å². The molecule has 0 aliphatic heterocycles. The minimum Gasteiger partial charge on any atom is -0.355 e. The molecular formula is C14H23N3. The largest absolute Gasteiger partial charge is 0.355 e. The lowest BCUT2D eigenvalue weighted by Gasteiger charge is -2.21. The van der Waals surface area contributed by atoms with Gasteiger partial charge in [0.1, 0.15) is 5.82 Å². The molecule has 1 N–H and O–H groups in total. The molecule has 0 atom stereocenters. The first kappa shape index (κ1) is 13.7. The third-order valence-corrected chi connectivity index (χ3v) is 2.44. The second-order valence-electron chi connectivity index (χ2n) is 4.83. The van der Waals surface area contributed by atoms with E-state index in [1.165, 1.54) is 5.56 Å². The Hall–Kier alpha value is -1.35. The highest BCUT2D eigenvalue weighted by atomic mass is 15.2. The maximum absolute atomic E-state index is 4.45. The van der Waals surface area contributed by atoms with E-state index in [-0.39, 0.29) is 0 Å². The minimum atomic E-state index is 0.481. The van der Waals surface area contributed by atoms with E-state index in [1.54, 1.807) is 0 Å². The van der Waals surface area contributed by atoms with E-state index in [0.717, 1.165) is 24.5 Å². The predicted molar refractivity (Wildman–Crippen MR) is 74.3 cm³/mol. The first-order valence-corrected chi connectivity index (χ1v) is 6.03. The Labute approximate surface area is 105 Å². The van der Waals surface area contributed by atoms with Gasteiger partial charge in [-0.25, -0.2) is 4.98 Å². The highest BCUT2D eigenvalue weighted by molar-refractivity contribution is 5.46. The summed E-state index contributed by atoms with van der Waals surface area (Å²) in [4.78, 5) is 6.59. The summed E-state index contributed by atoms with van der Waals surface area (Å²) in [6.45, 7) is 12.0. The molecule has 1 rings (SSSR count). The van der Waals surface area contributed by atoms with Crippen LogP contribution in [0.5, 0.6) is 0 Å². The van der Waals surface area contributed by atoms with E-state index in [2.05, 4.69) is 48.7 Å². The van der Waals surface area contributed by atoms with Gasteiger partial charge < -0.3 is 10.2 Å². The average molecular weight is 233 g/mol. The molecule has 0 fully saturated rings. The first-order valence-electron chi connectivity index (χ1n) is 6.03. The number of aromatic nitrogens is 1. The minimum absolute atomic E-state index is 0.481. The van der Waals surface area contributed by atoms with Crippen molar-refractivity contribution < 1.29 is 0 Å². The summed E-state index contributed by atoms with van der Waals surface area (Å²) in [5.41, 5.74) is 2.37. The first-order chi connectivity index (χ1) is 8.00. The van der Waals surface area contributed by atoms with Crippen molar-refractivity contribution in [3.63, 3.8) is 0 Å². The fraction of sp³-hybridized carbons (Fsp3) is 0.500. The zero-order valence-electron chi connectivity index (χ0n) is 11.3. The van der Waals surface area contributed by atoms with Crippen LogP contribution in [0.4, 0.5) is 5.82 Å². The molecule has 0 unspecified atom stereocenters. The summed E-state index contributed by atoms with van der Waals surface area (Å²) in [5.74, 6) is 1.03. The summed E-state index contributed by atoms with van der Waals surface area (Å²) >= 11 is 0. The van der Waals surface area contributed by atoms with E-state index >= 15 is 0 Å². The number of nitrogens with zero attached hydrogens (tertiary/aromatic N) is 2. The average Bonchev–Trinajstić information content (AvgIpc) is 2.25. The van der Waals surface area contributed by atoms with Crippen LogP contribution in [0.25, 0.3) is 0 Å². The zero-order valence-corrected chi connectivity index (χ0v) is 11.3. The Morgan fingerprint density at radius 3 is 2.82 bits per heavy atom. The molecule has 0 radical (unpaired) electrons. The quantitative estimate of drug-likeness (QED) is 0.765. The normalized spacial score (nSPS) is 10.6. The standard InChI is InChI=1S/C14H23N3/c1-11(2)10-17(5)14-13(7-6-8-15-14)9-16-12(3)4/h6-8,12,16H,1,9-10H2,2-5H3. The fourth-order valence-corrected chi connectivity index (χ4v) is 1.71. The lowest BCUT2D eigenvalue weighted by Crippen LogP contribution is -2.26. The van der Waals surface area contributed by atoms with Gasteiger partial charge in [0.15, 0.2) is 0 Å². The highest BCUT2D eigenvalue weighted by Crippen LogP contribution is 2.16. The monoisotopic (exact) mass is 233 g/mol. The molecule has 0 amide bonds. The molecule has 3 nitrogen and oxygen atoms in total. The Kier molecular flexibility index (Phi) is 5.16. The van der Waals surface area contributed by atoms with E-state index < -0.39 is 0 Å². The van der Waals surface area contributed by atoms with Crippen molar-refractivity contribution >= 4 is 5.82 Å². The molecule has 0 aliphatic carbocycles. The Morgan fingerprint density at radius 1 is 1.53 bits per heavy atom. The third-order valence-electron chi connectivity index (χ3n) is 2.44. The molecule has 1 heterocycles. The molecule has 0 aromatic carbocycles. The van der Waals surface area contributed by atoms with Crippen LogP contribution >= 0.6 is 0 Å². The fourth-order valence-electron chi connectivity index (χ4n) is 1.71. The van der Waals surface area contributed by atoms with Crippen LogP contribution in [0.1, 0.15) is 26.3 Å². The number of anilines is 1. The second kappa shape index (κ2) is 6.40. The highest BCUT2D eigenvalue weighted by Gasteiger charge is 2.08. The van der Waals surface area contributed by atoms with E-state index in [1.807, 2.05) is 19.2 Å². The summed E-state index contributed by atoms with van der Waals surface area (Å²) in [6, 6.07) is 4.58. The number of hydrogen-bond acceptors (Lipinski definition) is 3. The van der Waals surface area contributed by atoms with Crippen molar-refractivity contribution in [1.29, 1.82) is 0 Å². The summed E-state index contributed by atoms with van der Waals surface area (Å²) in [5, 5.41) is 3.42. The zero-order chi connectivity index (χ0) is 12.8. The van der Waals surface area contributed by atoms with Crippen LogP contribution in [0.2, 0.25) is 0 Å². The smallest absolute Gasteiger partial charge is 0.133 e. The van der Waals surface area contributed by atoms with Crippen molar-refractivity contribution in [3.05, 3.63) is 36.0 Å². The number of nitrogens with one attached hydrogen (secondary N) is 1. The van der Waals surface area contributed by atoms with Crippen LogP contribution in [0.3, 0.4) is 0 Å². The topological polar surface area (TPSA) is 28.2 Å². The van der Waals surface area contributed by atoms with Crippen LogP contribution in [0, 0.1) is 0 Å². The number of rotatable bonds is 6. The van der Waals surface area contributed by atoms with Crippen molar-refractivity contribution in [1.82, 2.24) is 10.3 Å². The molecule has 1 aromatic rings. The van der Waals surface area contributed by atoms with Crippen molar-refractivity contribution in [3.8, 4) is 0 Å². The summed E-state index contributed by atoms with van der Waals surface area (Å²) in [7, 11) is 2.05.